The van der Waals surface area contributed by atoms with Crippen LogP contribution in [-0.4, -0.2) is 53.8 Å². The van der Waals surface area contributed by atoms with Crippen molar-refractivity contribution in [3.05, 3.63) is 29.6 Å². The molecule has 1 atom stereocenters. The predicted molar refractivity (Wildman–Crippen MR) is 79.3 cm³/mol. The fourth-order valence-corrected chi connectivity index (χ4v) is 2.37. The van der Waals surface area contributed by atoms with Gasteiger partial charge in [-0.05, 0) is 24.4 Å². The Morgan fingerprint density at radius 1 is 1.28 bits per heavy atom. The number of piperazine rings is 1. The van der Waals surface area contributed by atoms with Gasteiger partial charge in [0.2, 0.25) is 0 Å². The van der Waals surface area contributed by atoms with Crippen LogP contribution in [-0.2, 0) is 6.54 Å². The van der Waals surface area contributed by atoms with Crippen molar-refractivity contribution in [2.45, 2.75) is 19.4 Å². The van der Waals surface area contributed by atoms with Crippen LogP contribution in [0.1, 0.15) is 24.1 Å². The predicted octanol–water partition coefficient (Wildman–Crippen LogP) is 1.86. The summed E-state index contributed by atoms with van der Waals surface area (Å²) in [6.07, 6.45) is 2.02. The molecule has 2 rings (SSSR count). The molecule has 1 aromatic rings. The van der Waals surface area contributed by atoms with E-state index in [1.165, 1.54) is 18.7 Å². The lowest BCUT2D eigenvalue weighted by molar-refractivity contribution is 0.148. The normalized spacial score (nSPS) is 19.9. The fourth-order valence-electron chi connectivity index (χ4n) is 2.18. The molecule has 1 saturated heterocycles. The van der Waals surface area contributed by atoms with Crippen molar-refractivity contribution in [1.29, 1.82) is 0 Å². The molecule has 1 aliphatic heterocycles. The molecule has 0 radical (unpaired) electrons. The molecule has 0 amide bonds. The molecule has 0 saturated carbocycles. The zero-order valence-corrected chi connectivity index (χ0v) is 12.2. The van der Waals surface area contributed by atoms with E-state index in [0.29, 0.717) is 5.92 Å². The van der Waals surface area contributed by atoms with Crippen LogP contribution in [0.3, 0.4) is 0 Å². The van der Waals surface area contributed by atoms with E-state index in [1.807, 2.05) is 6.20 Å². The van der Waals surface area contributed by atoms with Crippen molar-refractivity contribution < 1.29 is 0 Å². The maximum Gasteiger partial charge on any atom is 0.0440 e. The van der Waals surface area contributed by atoms with Gasteiger partial charge in [0.25, 0.3) is 0 Å². The van der Waals surface area contributed by atoms with Gasteiger partial charge in [-0.1, -0.05) is 13.0 Å². The first-order valence-corrected chi connectivity index (χ1v) is 7.29. The number of rotatable bonds is 4. The van der Waals surface area contributed by atoms with Crippen LogP contribution < -0.4 is 0 Å². The molecule has 3 nitrogen and oxygen atoms in total. The molecule has 2 heterocycles. The Hall–Kier alpha value is -0.580. The van der Waals surface area contributed by atoms with Gasteiger partial charge >= 0.3 is 0 Å². The summed E-state index contributed by atoms with van der Waals surface area (Å²) in [5.41, 5.74) is 2.46. The topological polar surface area (TPSA) is 19.4 Å². The summed E-state index contributed by atoms with van der Waals surface area (Å²) in [5.74, 6) is 1.29. The number of hydrogen-bond donors (Lipinski definition) is 1. The summed E-state index contributed by atoms with van der Waals surface area (Å²) in [4.78, 5) is 9.42. The van der Waals surface area contributed by atoms with E-state index in [9.17, 15) is 0 Å². The summed E-state index contributed by atoms with van der Waals surface area (Å²) >= 11 is 4.31. The smallest absolute Gasteiger partial charge is 0.0440 e. The third-order valence-electron chi connectivity index (χ3n) is 3.63. The van der Waals surface area contributed by atoms with Crippen molar-refractivity contribution in [2.24, 2.45) is 0 Å². The molecule has 1 aliphatic rings. The third kappa shape index (κ3) is 3.70. The molecule has 18 heavy (non-hydrogen) atoms. The second-order valence-electron chi connectivity index (χ2n) is 5.25. The lowest BCUT2D eigenvalue weighted by atomic mass is 10.1. The SMILES string of the molecule is CC(CS)c1ccc(CN2CCN(C)CC2)cn1. The van der Waals surface area contributed by atoms with E-state index < -0.39 is 0 Å². The standard InChI is InChI=1S/C14H23N3S/c1-12(11-18)14-4-3-13(9-15-14)10-17-7-5-16(2)6-8-17/h3-4,9,12,18H,5-8,10-11H2,1-2H3. The van der Waals surface area contributed by atoms with Crippen LogP contribution in [0.4, 0.5) is 0 Å². The maximum absolute atomic E-state index is 4.54. The maximum atomic E-state index is 4.54. The first-order chi connectivity index (χ1) is 8.69. The average molecular weight is 265 g/mol. The highest BCUT2D eigenvalue weighted by molar-refractivity contribution is 7.80. The lowest BCUT2D eigenvalue weighted by Gasteiger charge is -2.32. The monoisotopic (exact) mass is 265 g/mol. The minimum Gasteiger partial charge on any atom is -0.304 e. The minimum absolute atomic E-state index is 0.436. The molecule has 0 aliphatic carbocycles. The van der Waals surface area contributed by atoms with E-state index in [1.54, 1.807) is 0 Å². The summed E-state index contributed by atoms with van der Waals surface area (Å²) in [5, 5.41) is 0. The Balaban J connectivity index is 1.90. The first kappa shape index (κ1) is 13.8. The second-order valence-corrected chi connectivity index (χ2v) is 5.62. The van der Waals surface area contributed by atoms with Crippen LogP contribution in [0.25, 0.3) is 0 Å². The highest BCUT2D eigenvalue weighted by atomic mass is 32.1. The number of pyridine rings is 1. The van der Waals surface area contributed by atoms with Crippen molar-refractivity contribution in [3.63, 3.8) is 0 Å². The Morgan fingerprint density at radius 3 is 2.56 bits per heavy atom. The molecular formula is C14H23N3S. The highest BCUT2D eigenvalue weighted by Gasteiger charge is 2.14. The zero-order valence-electron chi connectivity index (χ0n) is 11.3. The molecule has 0 N–H and O–H groups in total. The Morgan fingerprint density at radius 2 is 2.00 bits per heavy atom. The van der Waals surface area contributed by atoms with Gasteiger partial charge in [-0.15, -0.1) is 0 Å². The second kappa shape index (κ2) is 6.55. The van der Waals surface area contributed by atoms with Crippen LogP contribution >= 0.6 is 12.6 Å². The number of thiol groups is 1. The molecule has 1 aromatic heterocycles. The number of likely N-dealkylation sites (N-methyl/N-ethyl adjacent to an activating group) is 1. The van der Waals surface area contributed by atoms with Gasteiger partial charge in [-0.2, -0.15) is 12.6 Å². The van der Waals surface area contributed by atoms with Gasteiger partial charge in [0.05, 0.1) is 0 Å². The van der Waals surface area contributed by atoms with Crippen LogP contribution in [0.2, 0.25) is 0 Å². The van der Waals surface area contributed by atoms with Gasteiger partial charge in [-0.3, -0.25) is 9.88 Å². The van der Waals surface area contributed by atoms with E-state index >= 15 is 0 Å². The minimum atomic E-state index is 0.436. The van der Waals surface area contributed by atoms with Crippen LogP contribution in [0.15, 0.2) is 18.3 Å². The molecule has 0 spiro atoms. The van der Waals surface area contributed by atoms with Gasteiger partial charge in [0.15, 0.2) is 0 Å². The van der Waals surface area contributed by atoms with E-state index in [2.05, 4.69) is 53.5 Å². The van der Waals surface area contributed by atoms with Crippen molar-refractivity contribution in [2.75, 3.05) is 39.0 Å². The number of hydrogen-bond acceptors (Lipinski definition) is 4. The van der Waals surface area contributed by atoms with Crippen LogP contribution in [0, 0.1) is 0 Å². The molecule has 100 valence electrons. The largest absolute Gasteiger partial charge is 0.304 e. The molecule has 4 heteroatoms. The highest BCUT2D eigenvalue weighted by Crippen LogP contribution is 2.15. The third-order valence-corrected chi connectivity index (χ3v) is 4.18. The van der Waals surface area contributed by atoms with Crippen LogP contribution in [0.5, 0.6) is 0 Å². The molecule has 1 unspecified atom stereocenters. The van der Waals surface area contributed by atoms with E-state index in [0.717, 1.165) is 31.1 Å². The fraction of sp³-hybridized carbons (Fsp3) is 0.643. The van der Waals surface area contributed by atoms with E-state index in [-0.39, 0.29) is 0 Å². The van der Waals surface area contributed by atoms with Crippen molar-refractivity contribution in [1.82, 2.24) is 14.8 Å². The van der Waals surface area contributed by atoms with Gasteiger partial charge < -0.3 is 4.90 Å². The summed E-state index contributed by atoms with van der Waals surface area (Å²) in [6.45, 7) is 7.84. The van der Waals surface area contributed by atoms with Gasteiger partial charge in [-0.25, -0.2) is 0 Å². The Kier molecular flexibility index (Phi) is 5.03. The van der Waals surface area contributed by atoms with E-state index in [4.69, 9.17) is 0 Å². The lowest BCUT2D eigenvalue weighted by Crippen LogP contribution is -2.43. The number of aromatic nitrogens is 1. The van der Waals surface area contributed by atoms with Crippen molar-refractivity contribution >= 4 is 12.6 Å². The molecular weight excluding hydrogens is 242 g/mol. The zero-order chi connectivity index (χ0) is 13.0. The summed E-state index contributed by atoms with van der Waals surface area (Å²) in [7, 11) is 2.19. The Bertz CT molecular complexity index is 358. The molecule has 0 bridgehead atoms. The number of nitrogens with zero attached hydrogens (tertiary/aromatic N) is 3. The van der Waals surface area contributed by atoms with Gasteiger partial charge in [0.1, 0.15) is 0 Å². The van der Waals surface area contributed by atoms with Gasteiger partial charge in [0, 0.05) is 50.5 Å². The summed E-state index contributed by atoms with van der Waals surface area (Å²) in [6, 6.07) is 4.35. The quantitative estimate of drug-likeness (QED) is 0.839. The average Bonchev–Trinajstić information content (AvgIpc) is 2.41. The molecule has 1 fully saturated rings. The summed E-state index contributed by atoms with van der Waals surface area (Å²) < 4.78 is 0. The Labute approximate surface area is 116 Å². The van der Waals surface area contributed by atoms with Crippen molar-refractivity contribution in [3.8, 4) is 0 Å². The first-order valence-electron chi connectivity index (χ1n) is 6.65. The molecule has 0 aromatic carbocycles.